The molecular formula is C24H24O5. The molecule has 0 N–H and O–H groups in total. The number of methoxy groups -OCH3 is 2. The third-order valence-electron chi connectivity index (χ3n) is 5.79. The maximum atomic E-state index is 6.49. The van der Waals surface area contributed by atoms with E-state index in [0.717, 1.165) is 64.2 Å². The molecule has 1 aliphatic heterocycles. The van der Waals surface area contributed by atoms with E-state index < -0.39 is 5.79 Å². The summed E-state index contributed by atoms with van der Waals surface area (Å²) in [5, 5.41) is 2.03. The monoisotopic (exact) mass is 392 g/mol. The molecule has 2 aliphatic rings. The Morgan fingerprint density at radius 3 is 2.21 bits per heavy atom. The molecule has 0 amide bonds. The van der Waals surface area contributed by atoms with Crippen molar-refractivity contribution in [2.75, 3.05) is 27.4 Å². The van der Waals surface area contributed by atoms with Gasteiger partial charge in [-0.1, -0.05) is 24.3 Å². The Morgan fingerprint density at radius 2 is 1.48 bits per heavy atom. The van der Waals surface area contributed by atoms with Crippen molar-refractivity contribution in [2.45, 2.75) is 25.0 Å². The molecule has 0 atom stereocenters. The van der Waals surface area contributed by atoms with Crippen LogP contribution in [0.5, 0.6) is 23.0 Å². The summed E-state index contributed by atoms with van der Waals surface area (Å²) in [7, 11) is 3.36. The molecule has 150 valence electrons. The summed E-state index contributed by atoms with van der Waals surface area (Å²) < 4.78 is 29.9. The number of benzene rings is 3. The summed E-state index contributed by atoms with van der Waals surface area (Å²) >= 11 is 0. The van der Waals surface area contributed by atoms with E-state index in [1.54, 1.807) is 14.2 Å². The highest BCUT2D eigenvalue weighted by molar-refractivity contribution is 5.94. The van der Waals surface area contributed by atoms with Crippen LogP contribution in [0.15, 0.2) is 48.5 Å². The van der Waals surface area contributed by atoms with Gasteiger partial charge in [-0.15, -0.1) is 0 Å². The van der Waals surface area contributed by atoms with E-state index in [2.05, 4.69) is 12.1 Å². The van der Waals surface area contributed by atoms with Gasteiger partial charge < -0.3 is 23.7 Å². The molecule has 1 fully saturated rings. The summed E-state index contributed by atoms with van der Waals surface area (Å²) in [4.78, 5) is 0. The van der Waals surface area contributed by atoms with Crippen LogP contribution in [-0.4, -0.2) is 27.4 Å². The molecule has 0 unspecified atom stereocenters. The summed E-state index contributed by atoms with van der Waals surface area (Å²) in [6, 6.07) is 15.9. The van der Waals surface area contributed by atoms with E-state index in [-0.39, 0.29) is 0 Å². The number of hydrogen-bond donors (Lipinski definition) is 0. The highest BCUT2D eigenvalue weighted by atomic mass is 16.7. The van der Waals surface area contributed by atoms with E-state index in [1.807, 2.05) is 36.4 Å². The molecule has 3 aromatic rings. The van der Waals surface area contributed by atoms with Gasteiger partial charge in [0.05, 0.1) is 38.4 Å². The molecule has 3 aromatic carbocycles. The fourth-order valence-electron chi connectivity index (χ4n) is 4.55. The Balaban J connectivity index is 1.65. The summed E-state index contributed by atoms with van der Waals surface area (Å²) in [6.45, 7) is 1.18. The van der Waals surface area contributed by atoms with Crippen LogP contribution >= 0.6 is 0 Å². The SMILES string of the molecule is COc1ccc(Oc2cccc3cccc(OC)c23)c2c1C1(CCC2)OCCO1. The highest BCUT2D eigenvalue weighted by Gasteiger charge is 2.45. The molecule has 5 heteroatoms. The molecule has 1 heterocycles. The van der Waals surface area contributed by atoms with Crippen molar-refractivity contribution in [1.82, 2.24) is 0 Å². The topological polar surface area (TPSA) is 46.2 Å². The van der Waals surface area contributed by atoms with Crippen molar-refractivity contribution >= 4 is 10.8 Å². The maximum absolute atomic E-state index is 6.49. The minimum atomic E-state index is -0.727. The molecule has 1 saturated heterocycles. The van der Waals surface area contributed by atoms with Gasteiger partial charge >= 0.3 is 0 Å². The molecule has 0 aromatic heterocycles. The smallest absolute Gasteiger partial charge is 0.198 e. The average molecular weight is 392 g/mol. The zero-order valence-electron chi connectivity index (χ0n) is 16.7. The number of fused-ring (bicyclic) bond motifs is 3. The minimum Gasteiger partial charge on any atom is -0.496 e. The zero-order chi connectivity index (χ0) is 19.8. The van der Waals surface area contributed by atoms with Gasteiger partial charge in [0.25, 0.3) is 0 Å². The molecule has 0 saturated carbocycles. The highest BCUT2D eigenvalue weighted by Crippen LogP contribution is 2.50. The largest absolute Gasteiger partial charge is 0.496 e. The maximum Gasteiger partial charge on any atom is 0.198 e. The Labute approximate surface area is 170 Å². The van der Waals surface area contributed by atoms with Gasteiger partial charge in [-0.3, -0.25) is 0 Å². The lowest BCUT2D eigenvalue weighted by Crippen LogP contribution is -2.32. The van der Waals surface area contributed by atoms with E-state index >= 15 is 0 Å². The molecule has 5 rings (SSSR count). The van der Waals surface area contributed by atoms with Crippen molar-refractivity contribution in [2.24, 2.45) is 0 Å². The normalized spacial score (nSPS) is 17.3. The second kappa shape index (κ2) is 7.25. The first-order chi connectivity index (χ1) is 14.3. The van der Waals surface area contributed by atoms with Gasteiger partial charge in [-0.05, 0) is 42.5 Å². The molecule has 1 spiro atoms. The van der Waals surface area contributed by atoms with Crippen molar-refractivity contribution in [3.63, 3.8) is 0 Å². The van der Waals surface area contributed by atoms with Gasteiger partial charge in [0.2, 0.25) is 0 Å². The van der Waals surface area contributed by atoms with Crippen molar-refractivity contribution in [3.8, 4) is 23.0 Å². The molecule has 0 radical (unpaired) electrons. The second-order valence-corrected chi connectivity index (χ2v) is 7.34. The third-order valence-corrected chi connectivity index (χ3v) is 5.79. The van der Waals surface area contributed by atoms with Crippen LogP contribution in [0.4, 0.5) is 0 Å². The van der Waals surface area contributed by atoms with E-state index in [9.17, 15) is 0 Å². The fraction of sp³-hybridized carbons (Fsp3) is 0.333. The molecule has 0 bridgehead atoms. The Bertz CT molecular complexity index is 1050. The van der Waals surface area contributed by atoms with Crippen LogP contribution < -0.4 is 14.2 Å². The van der Waals surface area contributed by atoms with Crippen LogP contribution in [0.3, 0.4) is 0 Å². The zero-order valence-corrected chi connectivity index (χ0v) is 16.7. The lowest BCUT2D eigenvalue weighted by atomic mass is 9.85. The van der Waals surface area contributed by atoms with Crippen LogP contribution in [0, 0.1) is 0 Å². The Hall–Kier alpha value is -2.76. The number of rotatable bonds is 4. The van der Waals surface area contributed by atoms with Crippen LogP contribution in [0.25, 0.3) is 10.8 Å². The first kappa shape index (κ1) is 18.3. The van der Waals surface area contributed by atoms with E-state index in [0.29, 0.717) is 13.2 Å². The average Bonchev–Trinajstić information content (AvgIpc) is 3.22. The van der Waals surface area contributed by atoms with Crippen LogP contribution in [0.1, 0.15) is 24.0 Å². The van der Waals surface area contributed by atoms with E-state index in [4.69, 9.17) is 23.7 Å². The van der Waals surface area contributed by atoms with Gasteiger partial charge in [-0.2, -0.15) is 0 Å². The molecule has 29 heavy (non-hydrogen) atoms. The van der Waals surface area contributed by atoms with Crippen molar-refractivity contribution < 1.29 is 23.7 Å². The van der Waals surface area contributed by atoms with Gasteiger partial charge in [0.15, 0.2) is 5.79 Å². The third kappa shape index (κ3) is 2.93. The minimum absolute atomic E-state index is 0.591. The Morgan fingerprint density at radius 1 is 0.793 bits per heavy atom. The Kier molecular flexibility index (Phi) is 4.57. The predicted octanol–water partition coefficient (Wildman–Crippen LogP) is 5.19. The second-order valence-electron chi connectivity index (χ2n) is 7.34. The first-order valence-electron chi connectivity index (χ1n) is 9.97. The lowest BCUT2D eigenvalue weighted by Gasteiger charge is -2.35. The van der Waals surface area contributed by atoms with E-state index in [1.165, 1.54) is 0 Å². The molecular weight excluding hydrogens is 368 g/mol. The summed E-state index contributed by atoms with van der Waals surface area (Å²) in [6.07, 6.45) is 2.68. The van der Waals surface area contributed by atoms with Gasteiger partial charge in [-0.25, -0.2) is 0 Å². The summed E-state index contributed by atoms with van der Waals surface area (Å²) in [5.74, 6) is 2.41. The lowest BCUT2D eigenvalue weighted by molar-refractivity contribution is -0.176. The number of ether oxygens (including phenoxy) is 5. The quantitative estimate of drug-likeness (QED) is 0.612. The van der Waals surface area contributed by atoms with Gasteiger partial charge in [0, 0.05) is 12.0 Å². The standard InChI is InChI=1S/C24H24O5/c1-25-19-9-3-6-16-7-4-10-20(22(16)19)29-18-11-12-21(26-2)23-17(18)8-5-13-24(23)27-14-15-28-24/h3-4,6-7,9-12H,5,8,13-15H2,1-2H3. The van der Waals surface area contributed by atoms with Crippen molar-refractivity contribution in [1.29, 1.82) is 0 Å². The predicted molar refractivity (Wildman–Crippen MR) is 110 cm³/mol. The summed E-state index contributed by atoms with van der Waals surface area (Å²) in [5.41, 5.74) is 2.05. The molecule has 5 nitrogen and oxygen atoms in total. The van der Waals surface area contributed by atoms with Crippen LogP contribution in [-0.2, 0) is 21.7 Å². The van der Waals surface area contributed by atoms with Crippen molar-refractivity contribution in [3.05, 3.63) is 59.7 Å². The van der Waals surface area contributed by atoms with Gasteiger partial charge in [0.1, 0.15) is 23.0 Å². The van der Waals surface area contributed by atoms with Crippen LogP contribution in [0.2, 0.25) is 0 Å². The first-order valence-corrected chi connectivity index (χ1v) is 9.97. The molecule has 1 aliphatic carbocycles. The fourth-order valence-corrected chi connectivity index (χ4v) is 4.55. The number of hydrogen-bond acceptors (Lipinski definition) is 5.